The van der Waals surface area contributed by atoms with E-state index in [4.69, 9.17) is 9.47 Å². The van der Waals surface area contributed by atoms with Gasteiger partial charge in [-0.1, -0.05) is 23.9 Å². The summed E-state index contributed by atoms with van der Waals surface area (Å²) < 4.78 is 13.1. The first-order valence-electron chi connectivity index (χ1n) is 11.2. The second kappa shape index (κ2) is 9.22. The Hall–Kier alpha value is -3.18. The number of rotatable bonds is 4. The van der Waals surface area contributed by atoms with Crippen molar-refractivity contribution in [2.24, 2.45) is 0 Å². The second-order valence-electron chi connectivity index (χ2n) is 8.26. The summed E-state index contributed by atoms with van der Waals surface area (Å²) in [6.45, 7) is 6.00. The van der Waals surface area contributed by atoms with Crippen LogP contribution in [-0.2, 0) is 20.7 Å². The number of anilines is 1. The molecule has 0 spiro atoms. The Kier molecular flexibility index (Phi) is 6.13. The fourth-order valence-corrected chi connectivity index (χ4v) is 4.70. The van der Waals surface area contributed by atoms with Crippen LogP contribution in [0.5, 0.6) is 5.75 Å². The van der Waals surface area contributed by atoms with Gasteiger partial charge in [-0.15, -0.1) is 5.10 Å². The lowest BCUT2D eigenvalue weighted by Gasteiger charge is -2.37. The average Bonchev–Trinajstić information content (AvgIpc) is 3.29. The number of aromatic nitrogens is 4. The summed E-state index contributed by atoms with van der Waals surface area (Å²) in [7, 11) is 0. The van der Waals surface area contributed by atoms with Crippen molar-refractivity contribution in [2.45, 2.75) is 31.5 Å². The Morgan fingerprint density at radius 3 is 2.68 bits per heavy atom. The van der Waals surface area contributed by atoms with E-state index in [1.807, 2.05) is 38.3 Å². The van der Waals surface area contributed by atoms with E-state index < -0.39 is 6.10 Å². The third kappa shape index (κ3) is 4.09. The Labute approximate surface area is 201 Å². The third-order valence-electron chi connectivity index (χ3n) is 6.21. The number of hydrogen-bond donors (Lipinski definition) is 0. The highest BCUT2D eigenvalue weighted by atomic mass is 32.2. The van der Waals surface area contributed by atoms with E-state index in [2.05, 4.69) is 15.1 Å². The number of nitrogens with zero attached hydrogens (tertiary/aromatic N) is 6. The van der Waals surface area contributed by atoms with E-state index in [1.165, 1.54) is 11.8 Å². The van der Waals surface area contributed by atoms with Crippen LogP contribution in [0.4, 0.5) is 5.69 Å². The van der Waals surface area contributed by atoms with E-state index in [1.54, 1.807) is 20.4 Å². The zero-order chi connectivity index (χ0) is 23.8. The van der Waals surface area contributed by atoms with E-state index in [-0.39, 0.29) is 24.8 Å². The largest absolute Gasteiger partial charge is 0.476 e. The van der Waals surface area contributed by atoms with E-state index in [9.17, 15) is 9.59 Å². The first-order chi connectivity index (χ1) is 16.5. The molecule has 2 aromatic heterocycles. The Balaban J connectivity index is 1.44. The summed E-state index contributed by atoms with van der Waals surface area (Å²) in [5, 5.41) is 5.11. The monoisotopic (exact) mass is 482 g/mol. The van der Waals surface area contributed by atoms with Crippen molar-refractivity contribution in [1.82, 2.24) is 24.5 Å². The quantitative estimate of drug-likeness (QED) is 0.518. The number of para-hydroxylation sites is 2. The number of fused-ring (bicyclic) bond motifs is 2. The highest BCUT2D eigenvalue weighted by Crippen LogP contribution is 2.34. The number of hydrogen-bond acceptors (Lipinski definition) is 8. The predicted octanol–water partition coefficient (Wildman–Crippen LogP) is 1.66. The Morgan fingerprint density at radius 2 is 1.91 bits per heavy atom. The van der Waals surface area contributed by atoms with Crippen molar-refractivity contribution in [2.75, 3.05) is 44.0 Å². The van der Waals surface area contributed by atoms with Crippen LogP contribution < -0.4 is 9.64 Å². The molecule has 3 aromatic rings. The van der Waals surface area contributed by atoms with Crippen LogP contribution in [0.1, 0.15) is 17.0 Å². The van der Waals surface area contributed by atoms with Gasteiger partial charge in [-0.2, -0.15) is 4.98 Å². The maximum Gasteiger partial charge on any atom is 0.265 e. The Morgan fingerprint density at radius 1 is 1.15 bits per heavy atom. The van der Waals surface area contributed by atoms with Gasteiger partial charge in [0, 0.05) is 30.0 Å². The number of carbonyl (C=O) groups is 2. The molecule has 2 aliphatic heterocycles. The SMILES string of the molecule is CSc1nc2nc(C)c(CC(=O)N3C[C@H](C(=O)N4CCOCC4)Oc4ccccc43)c(C)n2n1. The van der Waals surface area contributed by atoms with Gasteiger partial charge in [0.25, 0.3) is 11.7 Å². The smallest absolute Gasteiger partial charge is 0.265 e. The number of amides is 2. The van der Waals surface area contributed by atoms with Gasteiger partial charge in [0.1, 0.15) is 5.75 Å². The number of thioether (sulfide) groups is 1. The summed E-state index contributed by atoms with van der Waals surface area (Å²) in [5.41, 5.74) is 3.02. The molecule has 0 radical (unpaired) electrons. The number of ether oxygens (including phenoxy) is 2. The summed E-state index contributed by atoms with van der Waals surface area (Å²) in [5.74, 6) is 0.784. The van der Waals surface area contributed by atoms with E-state index in [0.717, 1.165) is 17.0 Å². The van der Waals surface area contributed by atoms with Gasteiger partial charge < -0.3 is 19.3 Å². The van der Waals surface area contributed by atoms with Crippen molar-refractivity contribution in [3.8, 4) is 5.75 Å². The van der Waals surface area contributed by atoms with E-state index >= 15 is 0 Å². The van der Waals surface area contributed by atoms with Gasteiger partial charge >= 0.3 is 0 Å². The molecular formula is C23H26N6O4S. The molecule has 0 bridgehead atoms. The molecule has 34 heavy (non-hydrogen) atoms. The molecular weight excluding hydrogens is 456 g/mol. The van der Waals surface area contributed by atoms with Crippen LogP contribution in [0.15, 0.2) is 29.4 Å². The fourth-order valence-electron chi connectivity index (χ4n) is 4.37. The molecule has 2 aliphatic rings. The molecule has 0 saturated carbocycles. The highest BCUT2D eigenvalue weighted by Gasteiger charge is 2.36. The third-order valence-corrected chi connectivity index (χ3v) is 6.75. The number of aryl methyl sites for hydroxylation is 2. The number of carbonyl (C=O) groups excluding carboxylic acids is 2. The van der Waals surface area contributed by atoms with Gasteiger partial charge in [-0.05, 0) is 32.2 Å². The van der Waals surface area contributed by atoms with Crippen LogP contribution in [-0.4, -0.2) is 81.5 Å². The summed E-state index contributed by atoms with van der Waals surface area (Å²) in [4.78, 5) is 39.1. The highest BCUT2D eigenvalue weighted by molar-refractivity contribution is 7.98. The van der Waals surface area contributed by atoms with Gasteiger partial charge in [0.15, 0.2) is 6.10 Å². The molecule has 0 N–H and O–H groups in total. The minimum absolute atomic E-state index is 0.127. The van der Waals surface area contributed by atoms with Crippen molar-refractivity contribution < 1.29 is 19.1 Å². The minimum Gasteiger partial charge on any atom is -0.476 e. The fraction of sp³-hybridized carbons (Fsp3) is 0.435. The summed E-state index contributed by atoms with van der Waals surface area (Å²) in [6.07, 6.45) is 1.27. The van der Waals surface area contributed by atoms with Gasteiger partial charge in [0.2, 0.25) is 11.1 Å². The summed E-state index contributed by atoms with van der Waals surface area (Å²) in [6, 6.07) is 7.32. The lowest BCUT2D eigenvalue weighted by molar-refractivity contribution is -0.142. The lowest BCUT2D eigenvalue weighted by atomic mass is 10.1. The van der Waals surface area contributed by atoms with Crippen molar-refractivity contribution in [1.29, 1.82) is 0 Å². The molecule has 1 atom stereocenters. The minimum atomic E-state index is -0.765. The number of benzene rings is 1. The Bertz CT molecular complexity index is 1260. The normalized spacial score (nSPS) is 18.0. The lowest BCUT2D eigenvalue weighted by Crippen LogP contribution is -2.54. The number of morpholine rings is 1. The van der Waals surface area contributed by atoms with Crippen molar-refractivity contribution in [3.05, 3.63) is 41.2 Å². The van der Waals surface area contributed by atoms with E-state index in [0.29, 0.717) is 48.7 Å². The molecule has 1 saturated heterocycles. The topological polar surface area (TPSA) is 102 Å². The van der Waals surface area contributed by atoms with Crippen LogP contribution in [0.2, 0.25) is 0 Å². The average molecular weight is 483 g/mol. The van der Waals surface area contributed by atoms with Crippen LogP contribution >= 0.6 is 11.8 Å². The molecule has 0 unspecified atom stereocenters. The zero-order valence-corrected chi connectivity index (χ0v) is 20.2. The first kappa shape index (κ1) is 22.6. The van der Waals surface area contributed by atoms with Gasteiger partial charge in [0.05, 0.1) is 31.9 Å². The molecule has 178 valence electrons. The molecule has 1 aromatic carbocycles. The molecule has 0 aliphatic carbocycles. The molecule has 11 heteroatoms. The predicted molar refractivity (Wildman–Crippen MR) is 126 cm³/mol. The molecule has 4 heterocycles. The molecule has 10 nitrogen and oxygen atoms in total. The zero-order valence-electron chi connectivity index (χ0n) is 19.4. The van der Waals surface area contributed by atoms with Gasteiger partial charge in [-0.3, -0.25) is 9.59 Å². The standard InChI is InChI=1S/C23H26N6O4S/c1-14-16(15(2)29-22(24-14)25-23(26-29)34-3)12-20(30)28-13-19(21(31)27-8-10-32-11-9-27)33-18-7-5-4-6-17(18)28/h4-7,19H,8-13H2,1-3H3/t19-/m1/s1. The maximum absolute atomic E-state index is 13.6. The second-order valence-corrected chi connectivity index (χ2v) is 9.04. The molecule has 2 amide bonds. The van der Waals surface area contributed by atoms with Gasteiger partial charge in [-0.25, -0.2) is 9.50 Å². The van der Waals surface area contributed by atoms with Crippen LogP contribution in [0, 0.1) is 13.8 Å². The molecule has 1 fully saturated rings. The molecule has 5 rings (SSSR count). The first-order valence-corrected chi connectivity index (χ1v) is 12.4. The van der Waals surface area contributed by atoms with Crippen molar-refractivity contribution in [3.63, 3.8) is 0 Å². The summed E-state index contributed by atoms with van der Waals surface area (Å²) >= 11 is 1.44. The van der Waals surface area contributed by atoms with Crippen molar-refractivity contribution >= 4 is 35.0 Å². The van der Waals surface area contributed by atoms with Crippen LogP contribution in [0.25, 0.3) is 5.78 Å². The van der Waals surface area contributed by atoms with Crippen LogP contribution in [0.3, 0.4) is 0 Å². The maximum atomic E-state index is 13.6.